The van der Waals surface area contributed by atoms with E-state index in [0.29, 0.717) is 18.2 Å². The van der Waals surface area contributed by atoms with Gasteiger partial charge in [0.25, 0.3) is 0 Å². The maximum absolute atomic E-state index is 12.7. The summed E-state index contributed by atoms with van der Waals surface area (Å²) in [5.74, 6) is -0.918. The van der Waals surface area contributed by atoms with Gasteiger partial charge in [-0.2, -0.15) is 0 Å². The quantitative estimate of drug-likeness (QED) is 0.599. The molecular weight excluding hydrogens is 330 g/mol. The minimum atomic E-state index is -0.606. The van der Waals surface area contributed by atoms with Crippen molar-refractivity contribution in [2.75, 3.05) is 13.7 Å². The van der Waals surface area contributed by atoms with Crippen molar-refractivity contribution in [3.63, 3.8) is 0 Å². The molecule has 3 saturated heterocycles. The number of carbonyl (C=O) groups is 1. The van der Waals surface area contributed by atoms with E-state index in [-0.39, 0.29) is 24.2 Å². The van der Waals surface area contributed by atoms with Crippen LogP contribution in [-0.4, -0.2) is 59.5 Å². The van der Waals surface area contributed by atoms with Crippen molar-refractivity contribution in [1.29, 1.82) is 0 Å². The van der Waals surface area contributed by atoms with E-state index in [2.05, 4.69) is 18.9 Å². The smallest absolute Gasteiger partial charge is 0.316 e. The Bertz CT molecular complexity index is 651. The highest BCUT2D eigenvalue weighted by Crippen LogP contribution is 2.56. The number of likely N-dealkylation sites (N-methyl/N-ethyl adjacent to an activating group) is 1. The number of ether oxygens (including phenoxy) is 2. The molecule has 26 heavy (non-hydrogen) atoms. The van der Waals surface area contributed by atoms with Gasteiger partial charge in [-0.1, -0.05) is 50.1 Å². The molecule has 0 spiro atoms. The molecule has 1 aromatic carbocycles. The summed E-state index contributed by atoms with van der Waals surface area (Å²) < 4.78 is 11.9. The average Bonchev–Trinajstić information content (AvgIpc) is 3.42. The number of benzene rings is 1. The van der Waals surface area contributed by atoms with Crippen molar-refractivity contribution in [2.24, 2.45) is 0 Å². The lowest BCUT2D eigenvalue weighted by Gasteiger charge is -2.47. The van der Waals surface area contributed by atoms with E-state index in [9.17, 15) is 9.90 Å². The van der Waals surface area contributed by atoms with E-state index in [1.165, 1.54) is 0 Å². The van der Waals surface area contributed by atoms with Crippen LogP contribution < -0.4 is 0 Å². The molecule has 0 aliphatic carbocycles. The van der Waals surface area contributed by atoms with Gasteiger partial charge < -0.3 is 14.6 Å². The van der Waals surface area contributed by atoms with Crippen LogP contribution in [0.1, 0.15) is 50.5 Å². The number of aliphatic hydroxyl groups is 1. The fourth-order valence-electron chi connectivity index (χ4n) is 5.14. The molecule has 5 nitrogen and oxygen atoms in total. The second kappa shape index (κ2) is 6.95. The van der Waals surface area contributed by atoms with E-state index in [4.69, 9.17) is 9.47 Å². The molecule has 0 amide bonds. The Morgan fingerprint density at radius 1 is 1.42 bits per heavy atom. The molecule has 1 aromatic rings. The minimum absolute atomic E-state index is 0.00992. The number of fused-ring (bicyclic) bond motifs is 5. The van der Waals surface area contributed by atoms with Crippen LogP contribution in [0.5, 0.6) is 0 Å². The second-order valence-corrected chi connectivity index (χ2v) is 8.05. The Balaban J connectivity index is 1.47. The van der Waals surface area contributed by atoms with Gasteiger partial charge in [0.15, 0.2) is 0 Å². The van der Waals surface area contributed by atoms with Crippen molar-refractivity contribution in [3.8, 4) is 0 Å². The van der Waals surface area contributed by atoms with Gasteiger partial charge in [-0.25, -0.2) is 0 Å². The van der Waals surface area contributed by atoms with Crippen LogP contribution in [0.4, 0.5) is 0 Å². The Kier molecular flexibility index (Phi) is 4.80. The molecular formula is C21H29NO4. The molecule has 1 N–H and O–H groups in total. The average molecular weight is 359 g/mol. The lowest BCUT2D eigenvalue weighted by Crippen LogP contribution is -2.57. The zero-order chi connectivity index (χ0) is 18.3. The van der Waals surface area contributed by atoms with E-state index in [0.717, 1.165) is 37.7 Å². The van der Waals surface area contributed by atoms with Crippen molar-refractivity contribution in [2.45, 2.75) is 74.8 Å². The maximum Gasteiger partial charge on any atom is 0.316 e. The van der Waals surface area contributed by atoms with Gasteiger partial charge in [0, 0.05) is 18.9 Å². The number of unbranched alkanes of at least 4 members (excludes halogenated alkanes) is 1. The van der Waals surface area contributed by atoms with Gasteiger partial charge in [-0.05, 0) is 19.0 Å². The summed E-state index contributed by atoms with van der Waals surface area (Å²) in [7, 11) is 2.20. The molecule has 6 unspecified atom stereocenters. The number of nitrogens with zero attached hydrogens (tertiary/aromatic N) is 1. The first-order valence-corrected chi connectivity index (χ1v) is 9.85. The molecule has 142 valence electrons. The Morgan fingerprint density at radius 3 is 2.88 bits per heavy atom. The summed E-state index contributed by atoms with van der Waals surface area (Å²) >= 11 is 0. The summed E-state index contributed by atoms with van der Waals surface area (Å²) in [6.45, 7) is 1.98. The highest BCUT2D eigenvalue weighted by molar-refractivity contribution is 5.78. The largest absolute Gasteiger partial charge is 0.462 e. The highest BCUT2D eigenvalue weighted by Gasteiger charge is 2.70. The summed E-state index contributed by atoms with van der Waals surface area (Å²) in [6, 6.07) is 9.74. The second-order valence-electron chi connectivity index (χ2n) is 8.05. The number of rotatable bonds is 7. The molecule has 0 aromatic heterocycles. The molecule has 3 aliphatic heterocycles. The zero-order valence-electron chi connectivity index (χ0n) is 15.6. The molecule has 0 saturated carbocycles. The SMILES string of the molecule is CCCCC12CC(OC(=O)C(CO)c3ccccc3)CC(C3OC31)N2C. The lowest BCUT2D eigenvalue weighted by molar-refractivity contribution is -0.160. The number of piperidine rings is 1. The molecule has 5 heteroatoms. The highest BCUT2D eigenvalue weighted by atomic mass is 16.6. The minimum Gasteiger partial charge on any atom is -0.462 e. The Hall–Kier alpha value is -1.43. The molecule has 2 bridgehead atoms. The van der Waals surface area contributed by atoms with Crippen molar-refractivity contribution < 1.29 is 19.4 Å². The van der Waals surface area contributed by atoms with Gasteiger partial charge in [-0.15, -0.1) is 0 Å². The number of morpholine rings is 1. The van der Waals surface area contributed by atoms with Crippen LogP contribution >= 0.6 is 0 Å². The number of hydrogen-bond acceptors (Lipinski definition) is 5. The van der Waals surface area contributed by atoms with Crippen LogP contribution in [-0.2, 0) is 14.3 Å². The number of aliphatic hydroxyl groups excluding tert-OH is 1. The molecule has 4 rings (SSSR count). The van der Waals surface area contributed by atoms with Crippen molar-refractivity contribution in [3.05, 3.63) is 35.9 Å². The fraction of sp³-hybridized carbons (Fsp3) is 0.667. The first-order valence-electron chi connectivity index (χ1n) is 9.85. The van der Waals surface area contributed by atoms with Gasteiger partial charge in [0.1, 0.15) is 24.2 Å². The fourth-order valence-corrected chi connectivity index (χ4v) is 5.14. The number of esters is 1. The summed E-state index contributed by atoms with van der Waals surface area (Å²) in [4.78, 5) is 15.2. The number of hydrogen-bond donors (Lipinski definition) is 1. The van der Waals surface area contributed by atoms with Crippen molar-refractivity contribution in [1.82, 2.24) is 4.90 Å². The monoisotopic (exact) mass is 359 g/mol. The normalized spacial score (nSPS) is 36.4. The van der Waals surface area contributed by atoms with E-state index in [1.54, 1.807) is 0 Å². The predicted molar refractivity (Wildman–Crippen MR) is 97.9 cm³/mol. The third kappa shape index (κ3) is 2.86. The Morgan fingerprint density at radius 2 is 2.19 bits per heavy atom. The molecule has 3 fully saturated rings. The molecule has 6 atom stereocenters. The van der Waals surface area contributed by atoms with E-state index in [1.807, 2.05) is 30.3 Å². The van der Waals surface area contributed by atoms with E-state index < -0.39 is 5.92 Å². The van der Waals surface area contributed by atoms with Crippen LogP contribution in [0.2, 0.25) is 0 Å². The summed E-state index contributed by atoms with van der Waals surface area (Å²) in [6.07, 6.45) is 5.59. The lowest BCUT2D eigenvalue weighted by atomic mass is 9.81. The maximum atomic E-state index is 12.7. The van der Waals surface area contributed by atoms with Crippen LogP contribution in [0.25, 0.3) is 0 Å². The summed E-state index contributed by atoms with van der Waals surface area (Å²) in [5.41, 5.74) is 0.818. The van der Waals surface area contributed by atoms with Gasteiger partial charge >= 0.3 is 5.97 Å². The Labute approximate surface area is 155 Å². The van der Waals surface area contributed by atoms with E-state index >= 15 is 0 Å². The number of epoxide rings is 1. The topological polar surface area (TPSA) is 62.3 Å². The molecule has 3 heterocycles. The zero-order valence-corrected chi connectivity index (χ0v) is 15.6. The van der Waals surface area contributed by atoms with Crippen LogP contribution in [0.3, 0.4) is 0 Å². The standard InChI is InChI=1S/C21H29NO4/c1-3-4-10-21-12-15(11-17(22(21)2)18-19(21)26-18)25-20(24)16(13-23)14-8-6-5-7-9-14/h5-9,15-19,23H,3-4,10-13H2,1-2H3. The van der Waals surface area contributed by atoms with Gasteiger partial charge in [-0.3, -0.25) is 9.69 Å². The van der Waals surface area contributed by atoms with Crippen molar-refractivity contribution >= 4 is 5.97 Å². The van der Waals surface area contributed by atoms with Gasteiger partial charge in [0.2, 0.25) is 0 Å². The molecule has 0 radical (unpaired) electrons. The molecule has 3 aliphatic rings. The first kappa shape index (κ1) is 18.0. The first-order chi connectivity index (χ1) is 12.6. The summed E-state index contributed by atoms with van der Waals surface area (Å²) in [5, 5.41) is 9.72. The van der Waals surface area contributed by atoms with Crippen LogP contribution in [0.15, 0.2) is 30.3 Å². The third-order valence-electron chi connectivity index (χ3n) is 6.63. The number of carbonyl (C=O) groups excluding carboxylic acids is 1. The van der Waals surface area contributed by atoms with Crippen LogP contribution in [0, 0.1) is 0 Å². The van der Waals surface area contributed by atoms with Gasteiger partial charge in [0.05, 0.1) is 12.1 Å². The third-order valence-corrected chi connectivity index (χ3v) is 6.63. The predicted octanol–water partition coefficient (Wildman–Crippen LogP) is 2.48.